The van der Waals surface area contributed by atoms with Crippen molar-refractivity contribution in [3.8, 4) is 22.5 Å². The first-order chi connectivity index (χ1) is 15.9. The van der Waals surface area contributed by atoms with Gasteiger partial charge >= 0.3 is 12.4 Å². The second-order valence-electron chi connectivity index (χ2n) is 7.53. The van der Waals surface area contributed by atoms with Gasteiger partial charge in [-0.1, -0.05) is 70.0 Å². The van der Waals surface area contributed by atoms with Gasteiger partial charge in [0, 0.05) is 11.1 Å². The molecule has 4 rings (SSSR count). The molecule has 0 atom stereocenters. The average Bonchev–Trinajstić information content (AvgIpc) is 3.39. The highest BCUT2D eigenvalue weighted by molar-refractivity contribution is 6.08. The van der Waals surface area contributed by atoms with Crippen LogP contribution in [0.25, 0.3) is 22.5 Å². The van der Waals surface area contributed by atoms with E-state index < -0.39 is 52.2 Å². The Kier molecular flexibility index (Phi) is 5.58. The number of ketones is 1. The maximum Gasteiger partial charge on any atom is 0.422 e. The summed E-state index contributed by atoms with van der Waals surface area (Å²) in [6.45, 7) is 3.42. The molecule has 0 bridgehead atoms. The van der Waals surface area contributed by atoms with E-state index in [9.17, 15) is 31.1 Å². The van der Waals surface area contributed by atoms with Gasteiger partial charge in [-0.05, 0) is 13.8 Å². The van der Waals surface area contributed by atoms with Gasteiger partial charge in [-0.25, -0.2) is 0 Å². The van der Waals surface area contributed by atoms with Gasteiger partial charge in [0.2, 0.25) is 11.5 Å². The molecule has 0 spiro atoms. The quantitative estimate of drug-likeness (QED) is 0.235. The number of benzene rings is 2. The number of rotatable bonds is 4. The van der Waals surface area contributed by atoms with Crippen LogP contribution < -0.4 is 0 Å². The molecule has 0 aliphatic rings. The molecule has 2 aromatic heterocycles. The molecule has 0 saturated heterocycles. The summed E-state index contributed by atoms with van der Waals surface area (Å²) in [6, 6.07) is 11.3. The maximum atomic E-state index is 13.9. The molecule has 176 valence electrons. The predicted molar refractivity (Wildman–Crippen MR) is 107 cm³/mol. The molecule has 4 aromatic rings. The summed E-state index contributed by atoms with van der Waals surface area (Å²) >= 11 is 0. The summed E-state index contributed by atoms with van der Waals surface area (Å²) in [5.74, 6) is -4.64. The van der Waals surface area contributed by atoms with Gasteiger partial charge in [0.1, 0.15) is 22.5 Å². The fourth-order valence-electron chi connectivity index (χ4n) is 3.34. The van der Waals surface area contributed by atoms with Gasteiger partial charge < -0.3 is 9.05 Å². The van der Waals surface area contributed by atoms with E-state index in [0.717, 1.165) is 11.1 Å². The van der Waals surface area contributed by atoms with Crippen molar-refractivity contribution in [2.75, 3.05) is 0 Å². The van der Waals surface area contributed by atoms with Crippen LogP contribution in [-0.2, 0) is 12.4 Å². The molecule has 0 fully saturated rings. The van der Waals surface area contributed by atoms with Crippen molar-refractivity contribution in [3.05, 3.63) is 82.3 Å². The third-order valence-corrected chi connectivity index (χ3v) is 5.01. The summed E-state index contributed by atoms with van der Waals surface area (Å²) < 4.78 is 92.7. The highest BCUT2D eigenvalue weighted by atomic mass is 19.4. The van der Waals surface area contributed by atoms with Crippen LogP contribution in [0.1, 0.15) is 38.6 Å². The second-order valence-corrected chi connectivity index (χ2v) is 7.53. The number of nitrogens with zero attached hydrogens (tertiary/aromatic N) is 2. The van der Waals surface area contributed by atoms with Gasteiger partial charge in [-0.15, -0.1) is 0 Å². The molecule has 0 unspecified atom stereocenters. The Morgan fingerprint density at radius 3 is 1.26 bits per heavy atom. The van der Waals surface area contributed by atoms with Gasteiger partial charge in [0.25, 0.3) is 5.78 Å². The van der Waals surface area contributed by atoms with Crippen LogP contribution in [0.3, 0.4) is 0 Å². The van der Waals surface area contributed by atoms with Crippen LogP contribution in [0.2, 0.25) is 0 Å². The Bertz CT molecular complexity index is 1240. The Balaban J connectivity index is 1.88. The van der Waals surface area contributed by atoms with Gasteiger partial charge in [0.05, 0.1) is 0 Å². The monoisotopic (exact) mass is 480 g/mol. The summed E-state index contributed by atoms with van der Waals surface area (Å²) in [7, 11) is 0. The smallest absolute Gasteiger partial charge is 0.351 e. The van der Waals surface area contributed by atoms with E-state index in [1.54, 1.807) is 13.8 Å². The van der Waals surface area contributed by atoms with E-state index in [1.807, 2.05) is 0 Å². The third-order valence-electron chi connectivity index (χ3n) is 5.01. The first-order valence-corrected chi connectivity index (χ1v) is 9.70. The number of aromatic nitrogens is 2. The van der Waals surface area contributed by atoms with Gasteiger partial charge in [-0.3, -0.25) is 4.79 Å². The average molecular weight is 480 g/mol. The van der Waals surface area contributed by atoms with E-state index in [2.05, 4.69) is 19.4 Å². The lowest BCUT2D eigenvalue weighted by atomic mass is 9.99. The van der Waals surface area contributed by atoms with Crippen LogP contribution in [-0.4, -0.2) is 16.1 Å². The first-order valence-electron chi connectivity index (χ1n) is 9.70. The molecular formula is C23H14F6N2O3. The SMILES string of the molecule is Cc1ccc(-c2noc(C(=O)c3onc(-c4ccc(C)cc4)c3C(F)(F)F)c2C(F)(F)F)cc1. The number of alkyl halides is 6. The summed E-state index contributed by atoms with van der Waals surface area (Å²) in [4.78, 5) is 12.9. The van der Waals surface area contributed by atoms with E-state index in [1.165, 1.54) is 48.5 Å². The minimum atomic E-state index is -5.16. The molecule has 2 heterocycles. The van der Waals surface area contributed by atoms with Crippen molar-refractivity contribution >= 4 is 5.78 Å². The molecule has 5 nitrogen and oxygen atoms in total. The zero-order valence-corrected chi connectivity index (χ0v) is 17.5. The molecular weight excluding hydrogens is 466 g/mol. The Morgan fingerprint density at radius 1 is 0.647 bits per heavy atom. The van der Waals surface area contributed by atoms with Crippen molar-refractivity contribution in [1.29, 1.82) is 0 Å². The highest BCUT2D eigenvalue weighted by Gasteiger charge is 2.48. The van der Waals surface area contributed by atoms with Crippen molar-refractivity contribution < 1.29 is 40.2 Å². The molecule has 0 N–H and O–H groups in total. The Hall–Kier alpha value is -3.89. The lowest BCUT2D eigenvalue weighted by molar-refractivity contribution is -0.138. The zero-order chi connectivity index (χ0) is 24.8. The molecule has 11 heteroatoms. The zero-order valence-electron chi connectivity index (χ0n) is 17.5. The molecule has 0 amide bonds. The molecule has 0 aliphatic carbocycles. The summed E-state index contributed by atoms with van der Waals surface area (Å²) in [5.41, 5.74) is -3.25. The summed E-state index contributed by atoms with van der Waals surface area (Å²) in [5, 5.41) is 6.67. The number of aryl methyl sites for hydroxylation is 2. The van der Waals surface area contributed by atoms with Gasteiger partial charge in [-0.2, -0.15) is 26.3 Å². The van der Waals surface area contributed by atoms with Crippen molar-refractivity contribution in [3.63, 3.8) is 0 Å². The molecule has 0 radical (unpaired) electrons. The number of hydrogen-bond donors (Lipinski definition) is 0. The van der Waals surface area contributed by atoms with Crippen molar-refractivity contribution in [2.24, 2.45) is 0 Å². The van der Waals surface area contributed by atoms with Crippen LogP contribution in [0.4, 0.5) is 26.3 Å². The van der Waals surface area contributed by atoms with Crippen molar-refractivity contribution in [2.45, 2.75) is 26.2 Å². The van der Waals surface area contributed by atoms with E-state index in [0.29, 0.717) is 0 Å². The minimum Gasteiger partial charge on any atom is -0.351 e. The highest BCUT2D eigenvalue weighted by Crippen LogP contribution is 2.43. The van der Waals surface area contributed by atoms with Gasteiger partial charge in [0.15, 0.2) is 0 Å². The van der Waals surface area contributed by atoms with E-state index in [4.69, 9.17) is 0 Å². The summed E-state index contributed by atoms with van der Waals surface area (Å²) in [6.07, 6.45) is -10.3. The van der Waals surface area contributed by atoms with Crippen LogP contribution in [0.5, 0.6) is 0 Å². The Morgan fingerprint density at radius 2 is 0.971 bits per heavy atom. The number of carbonyl (C=O) groups excluding carboxylic acids is 1. The lowest BCUT2D eigenvalue weighted by Crippen LogP contribution is -2.16. The number of hydrogen-bond acceptors (Lipinski definition) is 5. The van der Waals surface area contributed by atoms with Crippen molar-refractivity contribution in [1.82, 2.24) is 10.3 Å². The van der Waals surface area contributed by atoms with E-state index in [-0.39, 0.29) is 11.1 Å². The first kappa shape index (κ1) is 23.3. The lowest BCUT2D eigenvalue weighted by Gasteiger charge is -2.09. The minimum absolute atomic E-state index is 0.0327. The largest absolute Gasteiger partial charge is 0.422 e. The second kappa shape index (κ2) is 8.15. The molecule has 2 aromatic carbocycles. The predicted octanol–water partition coefficient (Wildman–Crippen LogP) is 6.88. The molecule has 0 aliphatic heterocycles. The molecule has 0 saturated carbocycles. The van der Waals surface area contributed by atoms with Crippen LogP contribution in [0.15, 0.2) is 57.6 Å². The standard InChI is InChI=1S/C23H14F6N2O3/c1-11-3-7-13(8-4-11)17-15(22(24,25)26)20(33-30-17)19(32)21-16(23(27,28)29)18(31-34-21)14-9-5-12(2)6-10-14/h3-10H,1-2H3. The van der Waals surface area contributed by atoms with E-state index >= 15 is 0 Å². The normalized spacial score (nSPS) is 12.2. The fourth-order valence-corrected chi connectivity index (χ4v) is 3.34. The van der Waals surface area contributed by atoms with Crippen LogP contribution >= 0.6 is 0 Å². The maximum absolute atomic E-state index is 13.9. The molecule has 34 heavy (non-hydrogen) atoms. The number of carbonyl (C=O) groups is 1. The fraction of sp³-hybridized carbons (Fsp3) is 0.174. The third kappa shape index (κ3) is 4.20. The Labute approximate surface area is 188 Å². The van der Waals surface area contributed by atoms with Crippen LogP contribution in [0, 0.1) is 13.8 Å². The topological polar surface area (TPSA) is 69.1 Å². The number of halogens is 6.